The van der Waals surface area contributed by atoms with Gasteiger partial charge in [0.1, 0.15) is 5.82 Å². The fraction of sp³-hybridized carbons (Fsp3) is 0.700. The van der Waals surface area contributed by atoms with E-state index < -0.39 is 0 Å². The smallest absolute Gasteiger partial charge is 0.127 e. The first-order chi connectivity index (χ1) is 12.0. The van der Waals surface area contributed by atoms with Gasteiger partial charge < -0.3 is 9.64 Å². The number of morpholine rings is 1. The van der Waals surface area contributed by atoms with Crippen LogP contribution >= 0.6 is 0 Å². The number of halogens is 1. The molecular weight excluding hydrogens is 317 g/mol. The van der Waals surface area contributed by atoms with E-state index in [0.29, 0.717) is 6.54 Å². The van der Waals surface area contributed by atoms with Crippen molar-refractivity contribution in [3.8, 4) is 0 Å². The summed E-state index contributed by atoms with van der Waals surface area (Å²) in [6, 6.07) is 7.15. The summed E-state index contributed by atoms with van der Waals surface area (Å²) in [6.07, 6.45) is 1.15. The monoisotopic (exact) mass is 349 g/mol. The Balaban J connectivity index is 1.52. The molecule has 0 aliphatic carbocycles. The van der Waals surface area contributed by atoms with Crippen LogP contribution in [0.3, 0.4) is 0 Å². The topological polar surface area (TPSA) is 19.0 Å². The fourth-order valence-corrected chi connectivity index (χ4v) is 4.02. The van der Waals surface area contributed by atoms with Crippen LogP contribution in [0.25, 0.3) is 0 Å². The Hall–Kier alpha value is -1.01. The van der Waals surface area contributed by atoms with Gasteiger partial charge in [-0.05, 0) is 39.4 Å². The van der Waals surface area contributed by atoms with Gasteiger partial charge in [-0.3, -0.25) is 9.80 Å². The minimum absolute atomic E-state index is 0.0861. The normalized spacial score (nSPS) is 22.0. The quantitative estimate of drug-likeness (QED) is 0.813. The first-order valence-electron chi connectivity index (χ1n) is 9.55. The van der Waals surface area contributed by atoms with E-state index in [1.165, 1.54) is 0 Å². The van der Waals surface area contributed by atoms with Gasteiger partial charge in [0.05, 0.1) is 13.2 Å². The molecule has 2 saturated heterocycles. The lowest BCUT2D eigenvalue weighted by Crippen LogP contribution is -2.55. The molecule has 0 saturated carbocycles. The maximum atomic E-state index is 13.9. The number of nitrogens with zero attached hydrogens (tertiary/aromatic N) is 3. The lowest BCUT2D eigenvalue weighted by molar-refractivity contribution is -0.0213. The molecule has 2 aliphatic heterocycles. The van der Waals surface area contributed by atoms with Crippen molar-refractivity contribution in [2.75, 3.05) is 59.0 Å². The van der Waals surface area contributed by atoms with E-state index in [-0.39, 0.29) is 11.4 Å². The molecule has 0 N–H and O–H groups in total. The Morgan fingerprint density at radius 1 is 0.960 bits per heavy atom. The van der Waals surface area contributed by atoms with E-state index >= 15 is 0 Å². The first-order valence-corrected chi connectivity index (χ1v) is 9.55. The summed E-state index contributed by atoms with van der Waals surface area (Å²) in [6.45, 7) is 14.5. The van der Waals surface area contributed by atoms with Crippen molar-refractivity contribution in [1.29, 1.82) is 0 Å². The average molecular weight is 349 g/mol. The molecule has 2 aliphatic rings. The summed E-state index contributed by atoms with van der Waals surface area (Å²) in [4.78, 5) is 7.52. The largest absolute Gasteiger partial charge is 0.379 e. The molecule has 0 radical (unpaired) electrons. The lowest BCUT2D eigenvalue weighted by atomic mass is 10.0. The van der Waals surface area contributed by atoms with E-state index in [1.54, 1.807) is 12.1 Å². The molecule has 2 fully saturated rings. The van der Waals surface area contributed by atoms with Crippen molar-refractivity contribution < 1.29 is 9.13 Å². The predicted molar refractivity (Wildman–Crippen MR) is 99.2 cm³/mol. The minimum Gasteiger partial charge on any atom is -0.379 e. The highest BCUT2D eigenvalue weighted by Gasteiger charge is 2.30. The van der Waals surface area contributed by atoms with Gasteiger partial charge in [0.25, 0.3) is 0 Å². The molecule has 25 heavy (non-hydrogen) atoms. The van der Waals surface area contributed by atoms with Crippen LogP contribution in [0.1, 0.15) is 25.8 Å². The van der Waals surface area contributed by atoms with Crippen molar-refractivity contribution in [2.45, 2.75) is 32.4 Å². The Labute approximate surface area is 151 Å². The predicted octanol–water partition coefficient (Wildman–Crippen LogP) is 2.44. The summed E-state index contributed by atoms with van der Waals surface area (Å²) in [5.74, 6) is -0.0861. The summed E-state index contributed by atoms with van der Waals surface area (Å²) < 4.78 is 19.4. The SMILES string of the molecule is CC(C)(CN1CCCN(Cc2ccccc2F)CC1)N1CCOCC1. The van der Waals surface area contributed by atoms with Gasteiger partial charge in [0.2, 0.25) is 0 Å². The lowest BCUT2D eigenvalue weighted by Gasteiger charge is -2.43. The fourth-order valence-electron chi connectivity index (χ4n) is 4.02. The first kappa shape index (κ1) is 18.8. The van der Waals surface area contributed by atoms with Crippen molar-refractivity contribution in [3.63, 3.8) is 0 Å². The number of ether oxygens (including phenoxy) is 1. The molecule has 0 unspecified atom stereocenters. The third-order valence-electron chi connectivity index (χ3n) is 5.51. The van der Waals surface area contributed by atoms with Crippen LogP contribution in [0.2, 0.25) is 0 Å². The molecule has 1 aromatic rings. The molecule has 3 rings (SSSR count). The summed E-state index contributed by atoms with van der Waals surface area (Å²) in [5.41, 5.74) is 0.981. The molecule has 2 heterocycles. The van der Waals surface area contributed by atoms with Gasteiger partial charge in [-0.25, -0.2) is 4.39 Å². The number of hydrogen-bond donors (Lipinski definition) is 0. The van der Waals surface area contributed by atoms with Gasteiger partial charge >= 0.3 is 0 Å². The third-order valence-corrected chi connectivity index (χ3v) is 5.51. The number of benzene rings is 1. The average Bonchev–Trinajstić information content (AvgIpc) is 2.83. The Kier molecular flexibility index (Phi) is 6.44. The Morgan fingerprint density at radius 2 is 1.64 bits per heavy atom. The second-order valence-corrected chi connectivity index (χ2v) is 7.91. The Morgan fingerprint density at radius 3 is 2.40 bits per heavy atom. The van der Waals surface area contributed by atoms with Crippen molar-refractivity contribution in [2.24, 2.45) is 0 Å². The standard InChI is InChI=1S/C20H32FN3O/c1-20(2,24-12-14-25-15-13-24)17-23-9-5-8-22(10-11-23)16-18-6-3-4-7-19(18)21/h3-4,6-7H,5,8-17H2,1-2H3. The van der Waals surface area contributed by atoms with Crippen LogP contribution < -0.4 is 0 Å². The van der Waals surface area contributed by atoms with Crippen LogP contribution in [0.15, 0.2) is 24.3 Å². The zero-order chi connectivity index (χ0) is 17.7. The Bertz CT molecular complexity index is 545. The second kappa shape index (κ2) is 8.58. The maximum absolute atomic E-state index is 13.9. The molecule has 1 aromatic carbocycles. The van der Waals surface area contributed by atoms with Crippen molar-refractivity contribution in [3.05, 3.63) is 35.6 Å². The zero-order valence-corrected chi connectivity index (χ0v) is 15.7. The highest BCUT2D eigenvalue weighted by Crippen LogP contribution is 2.19. The molecule has 0 atom stereocenters. The molecular formula is C20H32FN3O. The van der Waals surface area contributed by atoms with Crippen molar-refractivity contribution in [1.82, 2.24) is 14.7 Å². The highest BCUT2D eigenvalue weighted by atomic mass is 19.1. The number of hydrogen-bond acceptors (Lipinski definition) is 4. The maximum Gasteiger partial charge on any atom is 0.127 e. The molecule has 5 heteroatoms. The van der Waals surface area contributed by atoms with Crippen LogP contribution in [0, 0.1) is 5.82 Å². The van der Waals surface area contributed by atoms with E-state index in [2.05, 4.69) is 28.5 Å². The molecule has 140 valence electrons. The van der Waals surface area contributed by atoms with Gasteiger partial charge in [0, 0.05) is 50.4 Å². The molecule has 0 amide bonds. The van der Waals surface area contributed by atoms with Gasteiger partial charge in [-0.1, -0.05) is 18.2 Å². The van der Waals surface area contributed by atoms with Crippen LogP contribution in [-0.4, -0.2) is 79.3 Å². The molecule has 0 spiro atoms. The minimum atomic E-state index is -0.0861. The summed E-state index contributed by atoms with van der Waals surface area (Å²) >= 11 is 0. The summed E-state index contributed by atoms with van der Waals surface area (Å²) in [5, 5.41) is 0. The van der Waals surface area contributed by atoms with Gasteiger partial charge in [-0.2, -0.15) is 0 Å². The third kappa shape index (κ3) is 5.23. The van der Waals surface area contributed by atoms with E-state index in [9.17, 15) is 4.39 Å². The van der Waals surface area contributed by atoms with Crippen LogP contribution in [0.4, 0.5) is 4.39 Å². The highest BCUT2D eigenvalue weighted by molar-refractivity contribution is 5.17. The summed E-state index contributed by atoms with van der Waals surface area (Å²) in [7, 11) is 0. The van der Waals surface area contributed by atoms with Gasteiger partial charge in [0.15, 0.2) is 0 Å². The number of rotatable bonds is 5. The van der Waals surface area contributed by atoms with E-state index in [0.717, 1.165) is 71.0 Å². The van der Waals surface area contributed by atoms with Crippen LogP contribution in [-0.2, 0) is 11.3 Å². The van der Waals surface area contributed by atoms with Gasteiger partial charge in [-0.15, -0.1) is 0 Å². The van der Waals surface area contributed by atoms with Crippen molar-refractivity contribution >= 4 is 0 Å². The van der Waals surface area contributed by atoms with E-state index in [1.807, 2.05) is 12.1 Å². The molecule has 4 nitrogen and oxygen atoms in total. The second-order valence-electron chi connectivity index (χ2n) is 7.91. The molecule has 0 aromatic heterocycles. The van der Waals surface area contributed by atoms with Crippen LogP contribution in [0.5, 0.6) is 0 Å². The molecule has 0 bridgehead atoms. The zero-order valence-electron chi connectivity index (χ0n) is 15.7. The van der Waals surface area contributed by atoms with E-state index in [4.69, 9.17) is 4.74 Å².